The van der Waals surface area contributed by atoms with E-state index in [0.717, 1.165) is 0 Å². The van der Waals surface area contributed by atoms with Crippen LogP contribution >= 0.6 is 0 Å². The molecule has 9 heteroatoms. The first-order chi connectivity index (χ1) is 12.9. The maximum Gasteiger partial charge on any atom is 0.355 e. The highest BCUT2D eigenvalue weighted by Gasteiger charge is 2.32. The lowest BCUT2D eigenvalue weighted by molar-refractivity contribution is -0.143. The van der Waals surface area contributed by atoms with Crippen LogP contribution in [0.5, 0.6) is 0 Å². The highest BCUT2D eigenvalue weighted by molar-refractivity contribution is 6.06. The minimum atomic E-state index is -0.812. The van der Waals surface area contributed by atoms with Crippen LogP contribution in [0.3, 0.4) is 0 Å². The van der Waals surface area contributed by atoms with Gasteiger partial charge in [-0.3, -0.25) is 4.79 Å². The summed E-state index contributed by atoms with van der Waals surface area (Å²) in [5, 5.41) is 0. The van der Waals surface area contributed by atoms with Crippen LogP contribution < -0.4 is 0 Å². The van der Waals surface area contributed by atoms with E-state index < -0.39 is 23.9 Å². The van der Waals surface area contributed by atoms with Gasteiger partial charge in [-0.25, -0.2) is 14.4 Å². The number of aromatic amines is 1. The van der Waals surface area contributed by atoms with Gasteiger partial charge >= 0.3 is 23.9 Å². The smallest absolute Gasteiger partial charge is 0.355 e. The third kappa shape index (κ3) is 5.83. The van der Waals surface area contributed by atoms with Crippen LogP contribution in [0, 0.1) is 0 Å². The summed E-state index contributed by atoms with van der Waals surface area (Å²) in [6, 6.07) is 0. The minimum Gasteiger partial charge on any atom is -0.466 e. The molecule has 0 fully saturated rings. The van der Waals surface area contributed by atoms with Gasteiger partial charge in [-0.15, -0.1) is 0 Å². The topological polar surface area (TPSA) is 121 Å². The molecule has 1 heterocycles. The van der Waals surface area contributed by atoms with Gasteiger partial charge in [0.2, 0.25) is 0 Å². The third-order valence-electron chi connectivity index (χ3n) is 3.43. The Balaban J connectivity index is 3.44. The third-order valence-corrected chi connectivity index (χ3v) is 3.43. The number of carbonyl (C=O) groups excluding carboxylic acids is 4. The molecule has 1 aromatic rings. The Kier molecular flexibility index (Phi) is 9.04. The molecule has 0 spiro atoms. The number of rotatable bonds is 10. The van der Waals surface area contributed by atoms with Crippen molar-refractivity contribution in [2.24, 2.45) is 0 Å². The van der Waals surface area contributed by atoms with E-state index in [0.29, 0.717) is 0 Å². The fourth-order valence-corrected chi connectivity index (χ4v) is 2.41. The number of hydrogen-bond acceptors (Lipinski definition) is 8. The van der Waals surface area contributed by atoms with Crippen molar-refractivity contribution < 1.29 is 38.1 Å². The molecule has 150 valence electrons. The second-order valence-electron chi connectivity index (χ2n) is 5.19. The SMILES string of the molecule is CCOC(=O)CCc1c(C(=O)OCC)[nH]c(C(=O)OCC)c1C(=O)OCC. The zero-order chi connectivity index (χ0) is 20.4. The summed E-state index contributed by atoms with van der Waals surface area (Å²) in [6.45, 7) is 6.95. The molecular formula is C18H25NO8. The van der Waals surface area contributed by atoms with Crippen molar-refractivity contribution in [2.75, 3.05) is 26.4 Å². The van der Waals surface area contributed by atoms with Crippen LogP contribution in [-0.4, -0.2) is 55.3 Å². The monoisotopic (exact) mass is 383 g/mol. The van der Waals surface area contributed by atoms with Crippen LogP contribution in [0.1, 0.15) is 71.0 Å². The largest absolute Gasteiger partial charge is 0.466 e. The number of nitrogens with one attached hydrogen (secondary N) is 1. The zero-order valence-corrected chi connectivity index (χ0v) is 16.0. The molecule has 27 heavy (non-hydrogen) atoms. The molecule has 1 rings (SSSR count). The quantitative estimate of drug-likeness (QED) is 0.481. The second-order valence-corrected chi connectivity index (χ2v) is 5.19. The molecule has 1 N–H and O–H groups in total. The Morgan fingerprint density at radius 2 is 1.19 bits per heavy atom. The lowest BCUT2D eigenvalue weighted by atomic mass is 10.0. The first-order valence-corrected chi connectivity index (χ1v) is 8.82. The zero-order valence-electron chi connectivity index (χ0n) is 16.0. The van der Waals surface area contributed by atoms with Gasteiger partial charge in [-0.1, -0.05) is 0 Å². The Morgan fingerprint density at radius 1 is 0.704 bits per heavy atom. The summed E-state index contributed by atoms with van der Waals surface area (Å²) >= 11 is 0. The number of aromatic nitrogens is 1. The second kappa shape index (κ2) is 11.0. The van der Waals surface area contributed by atoms with Gasteiger partial charge in [0.15, 0.2) is 0 Å². The molecule has 9 nitrogen and oxygen atoms in total. The van der Waals surface area contributed by atoms with Crippen LogP contribution in [0.15, 0.2) is 0 Å². The van der Waals surface area contributed by atoms with Crippen molar-refractivity contribution in [1.29, 1.82) is 0 Å². The molecule has 0 aliphatic rings. The van der Waals surface area contributed by atoms with Gasteiger partial charge in [0, 0.05) is 12.0 Å². The van der Waals surface area contributed by atoms with E-state index in [2.05, 4.69) is 4.98 Å². The molecule has 0 saturated carbocycles. The molecule has 0 saturated heterocycles. The molecule has 0 atom stereocenters. The molecule has 0 aliphatic carbocycles. The molecule has 0 unspecified atom stereocenters. The summed E-state index contributed by atoms with van der Waals surface area (Å²) in [4.78, 5) is 51.3. The number of carbonyl (C=O) groups is 4. The van der Waals surface area contributed by atoms with E-state index in [-0.39, 0.29) is 61.8 Å². The normalized spacial score (nSPS) is 10.2. The summed E-state index contributed by atoms with van der Waals surface area (Å²) in [5.74, 6) is -2.86. The average Bonchev–Trinajstić information content (AvgIpc) is 3.00. The molecule has 0 radical (unpaired) electrons. The van der Waals surface area contributed by atoms with Crippen molar-refractivity contribution in [3.63, 3.8) is 0 Å². The van der Waals surface area contributed by atoms with Crippen LogP contribution in [-0.2, 0) is 30.2 Å². The van der Waals surface area contributed by atoms with Crippen LogP contribution in [0.2, 0.25) is 0 Å². The Hall–Kier alpha value is -2.84. The highest BCUT2D eigenvalue weighted by Crippen LogP contribution is 2.24. The van der Waals surface area contributed by atoms with Gasteiger partial charge in [0.1, 0.15) is 11.4 Å². The maximum absolute atomic E-state index is 12.4. The van der Waals surface area contributed by atoms with Crippen LogP contribution in [0.4, 0.5) is 0 Å². The van der Waals surface area contributed by atoms with Gasteiger partial charge in [0.05, 0.1) is 32.0 Å². The predicted molar refractivity (Wildman–Crippen MR) is 93.6 cm³/mol. The number of esters is 4. The van der Waals surface area contributed by atoms with E-state index in [1.807, 2.05) is 0 Å². The van der Waals surface area contributed by atoms with E-state index in [1.165, 1.54) is 0 Å². The molecule has 0 bridgehead atoms. The van der Waals surface area contributed by atoms with Gasteiger partial charge in [-0.05, 0) is 34.1 Å². The highest BCUT2D eigenvalue weighted by atomic mass is 16.5. The van der Waals surface area contributed by atoms with Gasteiger partial charge < -0.3 is 23.9 Å². The molecular weight excluding hydrogens is 358 g/mol. The molecule has 0 aliphatic heterocycles. The predicted octanol–water partition coefficient (Wildman–Crippen LogP) is 2.04. The lowest BCUT2D eigenvalue weighted by Gasteiger charge is -2.08. The first-order valence-electron chi connectivity index (χ1n) is 8.82. The Labute approximate surface area is 157 Å². The summed E-state index contributed by atoms with van der Waals surface area (Å²) in [6.07, 6.45) is -0.107. The Morgan fingerprint density at radius 3 is 1.70 bits per heavy atom. The number of H-pyrrole nitrogens is 1. The van der Waals surface area contributed by atoms with Crippen molar-refractivity contribution in [3.8, 4) is 0 Å². The maximum atomic E-state index is 12.4. The summed E-state index contributed by atoms with van der Waals surface area (Å²) in [7, 11) is 0. The van der Waals surface area contributed by atoms with E-state index in [9.17, 15) is 19.2 Å². The number of ether oxygens (including phenoxy) is 4. The first kappa shape index (κ1) is 22.2. The van der Waals surface area contributed by atoms with Crippen molar-refractivity contribution in [3.05, 3.63) is 22.5 Å². The van der Waals surface area contributed by atoms with Crippen molar-refractivity contribution in [2.45, 2.75) is 40.5 Å². The van der Waals surface area contributed by atoms with Crippen LogP contribution in [0.25, 0.3) is 0 Å². The van der Waals surface area contributed by atoms with E-state index >= 15 is 0 Å². The fourth-order valence-electron chi connectivity index (χ4n) is 2.41. The van der Waals surface area contributed by atoms with E-state index in [1.54, 1.807) is 27.7 Å². The molecule has 0 amide bonds. The fraction of sp³-hybridized carbons (Fsp3) is 0.556. The average molecular weight is 383 g/mol. The standard InChI is InChI=1S/C18H25NO8/c1-5-24-12(20)10-9-11-13(16(21)25-6-2)15(18(23)27-8-4)19-14(11)17(22)26-7-3/h19H,5-10H2,1-4H3. The Bertz CT molecular complexity index is 692. The van der Waals surface area contributed by atoms with Gasteiger partial charge in [-0.2, -0.15) is 0 Å². The summed E-state index contributed by atoms with van der Waals surface area (Å²) in [5.41, 5.74) is -0.282. The molecule has 1 aromatic heterocycles. The number of hydrogen-bond donors (Lipinski definition) is 1. The lowest BCUT2D eigenvalue weighted by Crippen LogP contribution is -2.15. The van der Waals surface area contributed by atoms with Crippen molar-refractivity contribution in [1.82, 2.24) is 4.98 Å². The minimum absolute atomic E-state index is 0.0168. The molecule has 0 aromatic carbocycles. The van der Waals surface area contributed by atoms with E-state index in [4.69, 9.17) is 18.9 Å². The van der Waals surface area contributed by atoms with Crippen molar-refractivity contribution >= 4 is 23.9 Å². The van der Waals surface area contributed by atoms with Gasteiger partial charge in [0.25, 0.3) is 0 Å². The summed E-state index contributed by atoms with van der Waals surface area (Å²) < 4.78 is 19.8.